The molecule has 7 heteroatoms. The Bertz CT molecular complexity index is 1300. The third kappa shape index (κ3) is 4.23. The molecule has 3 N–H and O–H groups in total. The first-order chi connectivity index (χ1) is 15.5. The van der Waals surface area contributed by atoms with Gasteiger partial charge in [-0.05, 0) is 49.2 Å². The number of aryl methyl sites for hydroxylation is 1. The van der Waals surface area contributed by atoms with E-state index < -0.39 is 0 Å². The van der Waals surface area contributed by atoms with Gasteiger partial charge in [0, 0.05) is 42.0 Å². The monoisotopic (exact) mass is 430 g/mol. The Morgan fingerprint density at radius 1 is 1.03 bits per heavy atom. The fourth-order valence-corrected chi connectivity index (χ4v) is 3.76. The number of nitrogens with one attached hydrogen (secondary N) is 3. The summed E-state index contributed by atoms with van der Waals surface area (Å²) >= 11 is 0. The first-order valence-electron chi connectivity index (χ1n) is 10.3. The number of halogens is 1. The Balaban J connectivity index is 1.41. The van der Waals surface area contributed by atoms with Gasteiger partial charge in [0.05, 0.1) is 16.8 Å². The van der Waals surface area contributed by atoms with Crippen LogP contribution in [0.25, 0.3) is 22.2 Å². The van der Waals surface area contributed by atoms with E-state index in [2.05, 4.69) is 20.6 Å². The minimum Gasteiger partial charge on any atom is -0.356 e. The van der Waals surface area contributed by atoms with Crippen molar-refractivity contribution in [2.24, 2.45) is 0 Å². The molecule has 0 atom stereocenters. The topological polar surface area (TPSA) is 86.9 Å². The molecular formula is C25H23FN4O2. The number of carbonyl (C=O) groups is 2. The van der Waals surface area contributed by atoms with Gasteiger partial charge in [0.1, 0.15) is 5.82 Å². The SMILES string of the molecule is CNC(=O)c1cccc(-c2ccc(C(=O)NCCc3c(C)[nH]c4c(F)cccc34)cn2)c1. The van der Waals surface area contributed by atoms with Crippen LogP contribution in [0.2, 0.25) is 0 Å². The molecular weight excluding hydrogens is 407 g/mol. The zero-order valence-corrected chi connectivity index (χ0v) is 17.8. The second-order valence-electron chi connectivity index (χ2n) is 7.49. The molecule has 4 aromatic rings. The largest absolute Gasteiger partial charge is 0.356 e. The van der Waals surface area contributed by atoms with E-state index in [4.69, 9.17) is 0 Å². The third-order valence-corrected chi connectivity index (χ3v) is 5.44. The van der Waals surface area contributed by atoms with Crippen molar-refractivity contribution in [1.29, 1.82) is 0 Å². The number of pyridine rings is 1. The molecule has 0 aliphatic heterocycles. The highest BCUT2D eigenvalue weighted by Gasteiger charge is 2.13. The fourth-order valence-electron chi connectivity index (χ4n) is 3.76. The first-order valence-corrected chi connectivity index (χ1v) is 10.3. The van der Waals surface area contributed by atoms with Gasteiger partial charge < -0.3 is 15.6 Å². The summed E-state index contributed by atoms with van der Waals surface area (Å²) in [6.45, 7) is 2.32. The molecule has 162 valence electrons. The number of rotatable bonds is 6. The van der Waals surface area contributed by atoms with Crippen LogP contribution in [0, 0.1) is 12.7 Å². The number of para-hydroxylation sites is 1. The number of hydrogen-bond acceptors (Lipinski definition) is 3. The van der Waals surface area contributed by atoms with Gasteiger partial charge in [0.25, 0.3) is 11.8 Å². The van der Waals surface area contributed by atoms with Gasteiger partial charge in [-0.15, -0.1) is 0 Å². The minimum absolute atomic E-state index is 0.170. The van der Waals surface area contributed by atoms with Crippen molar-refractivity contribution in [3.63, 3.8) is 0 Å². The van der Waals surface area contributed by atoms with Crippen LogP contribution in [-0.4, -0.2) is 35.4 Å². The molecule has 0 aliphatic carbocycles. The molecule has 2 aromatic heterocycles. The van der Waals surface area contributed by atoms with Crippen LogP contribution in [0.3, 0.4) is 0 Å². The Kier molecular flexibility index (Phi) is 5.98. The highest BCUT2D eigenvalue weighted by molar-refractivity contribution is 5.96. The molecule has 0 saturated carbocycles. The number of benzene rings is 2. The lowest BCUT2D eigenvalue weighted by molar-refractivity contribution is 0.0949. The molecule has 0 bridgehead atoms. The summed E-state index contributed by atoms with van der Waals surface area (Å²) in [5, 5.41) is 6.33. The van der Waals surface area contributed by atoms with Crippen molar-refractivity contribution >= 4 is 22.7 Å². The summed E-state index contributed by atoms with van der Waals surface area (Å²) in [6, 6.07) is 15.6. The van der Waals surface area contributed by atoms with Gasteiger partial charge in [-0.3, -0.25) is 14.6 Å². The quantitative estimate of drug-likeness (QED) is 0.432. The molecule has 0 unspecified atom stereocenters. The van der Waals surface area contributed by atoms with Crippen LogP contribution in [0.5, 0.6) is 0 Å². The summed E-state index contributed by atoms with van der Waals surface area (Å²) in [6.07, 6.45) is 2.10. The number of fused-ring (bicyclic) bond motifs is 1. The predicted molar refractivity (Wildman–Crippen MR) is 122 cm³/mol. The summed E-state index contributed by atoms with van der Waals surface area (Å²) in [5.74, 6) is -0.684. The lowest BCUT2D eigenvalue weighted by atomic mass is 10.1. The lowest BCUT2D eigenvalue weighted by Crippen LogP contribution is -2.25. The van der Waals surface area contributed by atoms with E-state index in [1.54, 1.807) is 43.4 Å². The van der Waals surface area contributed by atoms with Gasteiger partial charge in [0.2, 0.25) is 0 Å². The van der Waals surface area contributed by atoms with E-state index >= 15 is 0 Å². The summed E-state index contributed by atoms with van der Waals surface area (Å²) in [4.78, 5) is 31.8. The number of carbonyl (C=O) groups excluding carboxylic acids is 2. The average Bonchev–Trinajstić information content (AvgIpc) is 3.15. The van der Waals surface area contributed by atoms with Crippen molar-refractivity contribution in [2.45, 2.75) is 13.3 Å². The second kappa shape index (κ2) is 9.01. The maximum atomic E-state index is 14.0. The number of amides is 2. The van der Waals surface area contributed by atoms with Gasteiger partial charge in [-0.25, -0.2) is 4.39 Å². The average molecular weight is 430 g/mol. The first kappa shape index (κ1) is 21.2. The molecule has 0 saturated heterocycles. The molecule has 0 radical (unpaired) electrons. The van der Waals surface area contributed by atoms with Crippen LogP contribution in [0.15, 0.2) is 60.8 Å². The van der Waals surface area contributed by atoms with Crippen molar-refractivity contribution in [1.82, 2.24) is 20.6 Å². The van der Waals surface area contributed by atoms with E-state index in [1.165, 1.54) is 12.3 Å². The molecule has 2 heterocycles. The van der Waals surface area contributed by atoms with E-state index in [-0.39, 0.29) is 17.6 Å². The van der Waals surface area contributed by atoms with Crippen molar-refractivity contribution in [3.8, 4) is 11.3 Å². The Labute approximate surface area is 184 Å². The maximum absolute atomic E-state index is 14.0. The predicted octanol–water partition coefficient (Wildman–Crippen LogP) is 4.01. The molecule has 0 aliphatic rings. The van der Waals surface area contributed by atoms with Crippen molar-refractivity contribution in [2.75, 3.05) is 13.6 Å². The van der Waals surface area contributed by atoms with Crippen LogP contribution in [0.1, 0.15) is 32.0 Å². The van der Waals surface area contributed by atoms with Gasteiger partial charge in [-0.1, -0.05) is 24.3 Å². The fraction of sp³-hybridized carbons (Fsp3) is 0.160. The number of nitrogens with zero attached hydrogens (tertiary/aromatic N) is 1. The Morgan fingerprint density at radius 2 is 1.84 bits per heavy atom. The second-order valence-corrected chi connectivity index (χ2v) is 7.49. The summed E-state index contributed by atoms with van der Waals surface area (Å²) < 4.78 is 14.0. The normalized spacial score (nSPS) is 10.8. The number of H-pyrrole nitrogens is 1. The van der Waals surface area contributed by atoms with Crippen LogP contribution in [-0.2, 0) is 6.42 Å². The molecule has 4 rings (SSSR count). The van der Waals surface area contributed by atoms with Crippen molar-refractivity contribution < 1.29 is 14.0 Å². The summed E-state index contributed by atoms with van der Waals surface area (Å²) in [7, 11) is 1.58. The number of hydrogen-bond donors (Lipinski definition) is 3. The van der Waals surface area contributed by atoms with Crippen molar-refractivity contribution in [3.05, 3.63) is 89.0 Å². The number of aromatic amines is 1. The standard InChI is InChI=1S/C25H23FN4O2/c1-15-19(20-7-4-8-21(26)23(20)30-15)11-12-28-25(32)18-9-10-22(29-14-18)16-5-3-6-17(13-16)24(31)27-2/h3-10,13-14,30H,11-12H2,1-2H3,(H,27,31)(H,28,32). The van der Waals surface area contributed by atoms with E-state index in [0.29, 0.717) is 35.3 Å². The van der Waals surface area contributed by atoms with Crippen LogP contribution >= 0.6 is 0 Å². The molecule has 2 amide bonds. The van der Waals surface area contributed by atoms with Gasteiger partial charge in [0.15, 0.2) is 0 Å². The minimum atomic E-state index is -0.284. The molecule has 6 nitrogen and oxygen atoms in total. The molecule has 0 spiro atoms. The molecule has 2 aromatic carbocycles. The van der Waals surface area contributed by atoms with Gasteiger partial charge in [-0.2, -0.15) is 0 Å². The highest BCUT2D eigenvalue weighted by Crippen LogP contribution is 2.24. The van der Waals surface area contributed by atoms with Gasteiger partial charge >= 0.3 is 0 Å². The van der Waals surface area contributed by atoms with E-state index in [1.807, 2.05) is 19.1 Å². The third-order valence-electron chi connectivity index (χ3n) is 5.44. The smallest absolute Gasteiger partial charge is 0.252 e. The summed E-state index contributed by atoms with van der Waals surface area (Å²) in [5.41, 5.74) is 4.82. The van der Waals surface area contributed by atoms with Crippen LogP contribution < -0.4 is 10.6 Å². The van der Waals surface area contributed by atoms with E-state index in [9.17, 15) is 14.0 Å². The number of aromatic nitrogens is 2. The van der Waals surface area contributed by atoms with E-state index in [0.717, 1.165) is 22.2 Å². The molecule has 32 heavy (non-hydrogen) atoms. The Hall–Kier alpha value is -4.00. The highest BCUT2D eigenvalue weighted by atomic mass is 19.1. The zero-order chi connectivity index (χ0) is 22.7. The Morgan fingerprint density at radius 3 is 2.59 bits per heavy atom. The maximum Gasteiger partial charge on any atom is 0.252 e. The molecule has 0 fully saturated rings. The zero-order valence-electron chi connectivity index (χ0n) is 17.8. The van der Waals surface area contributed by atoms with Crippen LogP contribution in [0.4, 0.5) is 4.39 Å². The lowest BCUT2D eigenvalue weighted by Gasteiger charge is -2.07.